The molecule has 1 rings (SSSR count). The Morgan fingerprint density at radius 2 is 2.06 bits per heavy atom. The summed E-state index contributed by atoms with van der Waals surface area (Å²) in [5.74, 6) is 0.748. The first-order chi connectivity index (χ1) is 7.81. The summed E-state index contributed by atoms with van der Waals surface area (Å²) in [6, 6.07) is 7.46. The van der Waals surface area contributed by atoms with Crippen LogP contribution in [0.3, 0.4) is 0 Å². The van der Waals surface area contributed by atoms with Crippen molar-refractivity contribution in [2.24, 2.45) is 0 Å². The van der Waals surface area contributed by atoms with E-state index in [4.69, 9.17) is 9.84 Å². The number of hydrogen-bond donors (Lipinski definition) is 2. The number of benzene rings is 1. The van der Waals surface area contributed by atoms with Crippen LogP contribution < -0.4 is 10.1 Å². The van der Waals surface area contributed by atoms with Gasteiger partial charge < -0.3 is 15.2 Å². The van der Waals surface area contributed by atoms with Crippen LogP contribution in [0.25, 0.3) is 0 Å². The van der Waals surface area contributed by atoms with Gasteiger partial charge in [-0.1, -0.05) is 12.1 Å². The van der Waals surface area contributed by atoms with E-state index in [0.717, 1.165) is 11.3 Å². The Balaban J connectivity index is 2.94. The second-order valence-corrected chi connectivity index (χ2v) is 4.75. The fraction of sp³-hybridized carbons (Fsp3) is 0.462. The smallest absolute Gasteiger partial charge is 0.405 e. The number of carboxylic acid groups (broad SMARTS) is 1. The highest BCUT2D eigenvalue weighted by Crippen LogP contribution is 2.24. The maximum atomic E-state index is 10.7. The van der Waals surface area contributed by atoms with Gasteiger partial charge in [0.2, 0.25) is 0 Å². The van der Waals surface area contributed by atoms with E-state index >= 15 is 0 Å². The molecule has 1 aromatic carbocycles. The number of ether oxygens (including phenoxy) is 1. The zero-order valence-electron chi connectivity index (χ0n) is 10.7. The van der Waals surface area contributed by atoms with Crippen molar-refractivity contribution in [2.75, 3.05) is 0 Å². The molecule has 1 amide bonds. The minimum absolute atomic E-state index is 0.0980. The number of rotatable bonds is 4. The normalized spacial score (nSPS) is 11.4. The highest BCUT2D eigenvalue weighted by Gasteiger charge is 2.22. The quantitative estimate of drug-likeness (QED) is 0.846. The third-order valence-electron chi connectivity index (χ3n) is 2.35. The molecule has 1 aromatic rings. The van der Waals surface area contributed by atoms with Crippen molar-refractivity contribution in [3.63, 3.8) is 0 Å². The number of nitrogens with one attached hydrogen (secondary N) is 1. The van der Waals surface area contributed by atoms with Crippen molar-refractivity contribution in [3.8, 4) is 5.75 Å². The largest absolute Gasteiger partial charge is 0.491 e. The van der Waals surface area contributed by atoms with Gasteiger partial charge in [0.15, 0.2) is 0 Å². The number of carbonyl (C=O) groups is 1. The van der Waals surface area contributed by atoms with E-state index < -0.39 is 11.6 Å². The minimum atomic E-state index is -1.04. The van der Waals surface area contributed by atoms with Crippen molar-refractivity contribution in [3.05, 3.63) is 29.8 Å². The molecule has 0 heterocycles. The first-order valence-electron chi connectivity index (χ1n) is 5.59. The number of hydrogen-bond acceptors (Lipinski definition) is 2. The summed E-state index contributed by atoms with van der Waals surface area (Å²) in [6.45, 7) is 7.53. The second kappa shape index (κ2) is 5.08. The van der Waals surface area contributed by atoms with Gasteiger partial charge in [-0.2, -0.15) is 0 Å². The van der Waals surface area contributed by atoms with Gasteiger partial charge in [0.25, 0.3) is 0 Å². The number of amides is 1. The molecule has 0 aromatic heterocycles. The van der Waals surface area contributed by atoms with Gasteiger partial charge in [0, 0.05) is 0 Å². The monoisotopic (exact) mass is 237 g/mol. The molecule has 0 radical (unpaired) electrons. The van der Waals surface area contributed by atoms with E-state index in [9.17, 15) is 4.79 Å². The third kappa shape index (κ3) is 3.98. The van der Waals surface area contributed by atoms with Gasteiger partial charge in [-0.3, -0.25) is 0 Å². The van der Waals surface area contributed by atoms with E-state index in [2.05, 4.69) is 5.32 Å². The minimum Gasteiger partial charge on any atom is -0.491 e. The molecule has 0 saturated carbocycles. The molecular weight excluding hydrogens is 218 g/mol. The summed E-state index contributed by atoms with van der Waals surface area (Å²) >= 11 is 0. The van der Waals surface area contributed by atoms with Gasteiger partial charge >= 0.3 is 6.09 Å². The standard InChI is InChI=1S/C13H19NO3/c1-9(2)17-11-7-5-6-10(8-11)13(3,4)14-12(15)16/h5-9,14H,1-4H3,(H,15,16). The summed E-state index contributed by atoms with van der Waals surface area (Å²) in [5, 5.41) is 11.3. The highest BCUT2D eigenvalue weighted by molar-refractivity contribution is 5.66. The lowest BCUT2D eigenvalue weighted by Crippen LogP contribution is -2.40. The summed E-state index contributed by atoms with van der Waals surface area (Å²) in [6.07, 6.45) is -0.939. The van der Waals surface area contributed by atoms with Crippen molar-refractivity contribution in [2.45, 2.75) is 39.3 Å². The Bertz CT molecular complexity index is 399. The van der Waals surface area contributed by atoms with E-state index in [0.29, 0.717) is 0 Å². The van der Waals surface area contributed by atoms with Crippen molar-refractivity contribution >= 4 is 6.09 Å². The van der Waals surface area contributed by atoms with Gasteiger partial charge in [0.1, 0.15) is 5.75 Å². The summed E-state index contributed by atoms with van der Waals surface area (Å²) < 4.78 is 5.58. The van der Waals surface area contributed by atoms with Crippen molar-refractivity contribution in [1.29, 1.82) is 0 Å². The zero-order chi connectivity index (χ0) is 13.1. The molecule has 0 spiro atoms. The van der Waals surface area contributed by atoms with Crippen molar-refractivity contribution in [1.82, 2.24) is 5.32 Å². The fourth-order valence-electron chi connectivity index (χ4n) is 1.57. The SMILES string of the molecule is CC(C)Oc1cccc(C(C)(C)NC(=O)O)c1. The third-order valence-corrected chi connectivity index (χ3v) is 2.35. The topological polar surface area (TPSA) is 58.6 Å². The van der Waals surface area contributed by atoms with Crippen LogP contribution in [0.4, 0.5) is 4.79 Å². The van der Waals surface area contributed by atoms with Crippen molar-refractivity contribution < 1.29 is 14.6 Å². The Kier molecular flexibility index (Phi) is 3.99. The molecule has 0 aliphatic rings. The molecule has 4 heteroatoms. The van der Waals surface area contributed by atoms with E-state index in [1.165, 1.54) is 0 Å². The first-order valence-corrected chi connectivity index (χ1v) is 5.59. The maximum absolute atomic E-state index is 10.7. The molecular formula is C13H19NO3. The summed E-state index contributed by atoms with van der Waals surface area (Å²) in [7, 11) is 0. The van der Waals surface area contributed by atoms with Crippen LogP contribution in [0.15, 0.2) is 24.3 Å². The molecule has 94 valence electrons. The molecule has 0 atom stereocenters. The Labute approximate surface area is 102 Å². The van der Waals surface area contributed by atoms with Crippen LogP contribution in [0.2, 0.25) is 0 Å². The van der Waals surface area contributed by atoms with Crippen LogP contribution in [0.1, 0.15) is 33.3 Å². The summed E-state index contributed by atoms with van der Waals surface area (Å²) in [5.41, 5.74) is 0.236. The Hall–Kier alpha value is -1.71. The zero-order valence-corrected chi connectivity index (χ0v) is 10.7. The molecule has 4 nitrogen and oxygen atoms in total. The van der Waals surface area contributed by atoms with Gasteiger partial charge in [-0.05, 0) is 45.4 Å². The molecule has 0 bridgehead atoms. The van der Waals surface area contributed by atoms with Crippen LogP contribution in [-0.2, 0) is 5.54 Å². The van der Waals surface area contributed by atoms with Crippen LogP contribution >= 0.6 is 0 Å². The van der Waals surface area contributed by atoms with E-state index in [-0.39, 0.29) is 6.10 Å². The van der Waals surface area contributed by atoms with Gasteiger partial charge in [0.05, 0.1) is 11.6 Å². The van der Waals surface area contributed by atoms with E-state index in [1.807, 2.05) is 52.0 Å². The van der Waals surface area contributed by atoms with Gasteiger partial charge in [-0.15, -0.1) is 0 Å². The Morgan fingerprint density at radius 1 is 1.41 bits per heavy atom. The lowest BCUT2D eigenvalue weighted by molar-refractivity contribution is 0.182. The van der Waals surface area contributed by atoms with Gasteiger partial charge in [-0.25, -0.2) is 4.79 Å². The lowest BCUT2D eigenvalue weighted by atomic mass is 9.94. The molecule has 0 fully saturated rings. The fourth-order valence-corrected chi connectivity index (χ4v) is 1.57. The van der Waals surface area contributed by atoms with Crippen LogP contribution in [-0.4, -0.2) is 17.3 Å². The first kappa shape index (κ1) is 13.4. The summed E-state index contributed by atoms with van der Waals surface area (Å²) in [4.78, 5) is 10.7. The molecule has 0 saturated heterocycles. The predicted octanol–water partition coefficient (Wildman–Crippen LogP) is 2.98. The maximum Gasteiger partial charge on any atom is 0.405 e. The molecule has 0 aliphatic heterocycles. The average Bonchev–Trinajstić information content (AvgIpc) is 2.15. The molecule has 17 heavy (non-hydrogen) atoms. The van der Waals surface area contributed by atoms with Crippen LogP contribution in [0, 0.1) is 0 Å². The molecule has 0 aliphatic carbocycles. The molecule has 0 unspecified atom stereocenters. The second-order valence-electron chi connectivity index (χ2n) is 4.75. The average molecular weight is 237 g/mol. The van der Waals surface area contributed by atoms with Crippen LogP contribution in [0.5, 0.6) is 5.75 Å². The Morgan fingerprint density at radius 3 is 2.59 bits per heavy atom. The highest BCUT2D eigenvalue weighted by atomic mass is 16.5. The van der Waals surface area contributed by atoms with E-state index in [1.54, 1.807) is 0 Å². The molecule has 2 N–H and O–H groups in total. The predicted molar refractivity (Wildman–Crippen MR) is 66.4 cm³/mol. The lowest BCUT2D eigenvalue weighted by Gasteiger charge is -2.25.